The Bertz CT molecular complexity index is 719. The SMILES string of the molecule is CC(=O)NCc1ccc(C(=O)Nc2ccc(C(C)=O)cc2)cc1. The lowest BCUT2D eigenvalue weighted by Crippen LogP contribution is -2.19. The van der Waals surface area contributed by atoms with E-state index in [1.165, 1.54) is 13.8 Å². The van der Waals surface area contributed by atoms with Crippen LogP contribution in [0.5, 0.6) is 0 Å². The Morgan fingerprint density at radius 3 is 1.91 bits per heavy atom. The molecule has 5 nitrogen and oxygen atoms in total. The molecule has 2 aromatic rings. The summed E-state index contributed by atoms with van der Waals surface area (Å²) in [7, 11) is 0. The van der Waals surface area contributed by atoms with Crippen LogP contribution in [0.1, 0.15) is 40.1 Å². The van der Waals surface area contributed by atoms with Crippen molar-refractivity contribution in [2.24, 2.45) is 0 Å². The van der Waals surface area contributed by atoms with Gasteiger partial charge in [0.25, 0.3) is 5.91 Å². The van der Waals surface area contributed by atoms with Gasteiger partial charge in [-0.05, 0) is 48.9 Å². The molecule has 0 aromatic heterocycles. The molecule has 0 radical (unpaired) electrons. The number of Topliss-reactive ketones (excluding diaryl/α,β-unsaturated/α-hetero) is 1. The number of rotatable bonds is 5. The van der Waals surface area contributed by atoms with Crippen LogP contribution in [0.3, 0.4) is 0 Å². The minimum absolute atomic E-state index is 0.0161. The molecule has 0 bridgehead atoms. The summed E-state index contributed by atoms with van der Waals surface area (Å²) in [5, 5.41) is 5.47. The molecule has 2 amide bonds. The van der Waals surface area contributed by atoms with E-state index in [-0.39, 0.29) is 17.6 Å². The second-order valence-corrected chi connectivity index (χ2v) is 5.19. The number of hydrogen-bond acceptors (Lipinski definition) is 3. The van der Waals surface area contributed by atoms with E-state index < -0.39 is 0 Å². The maximum absolute atomic E-state index is 12.2. The molecule has 0 unspecified atom stereocenters. The molecule has 0 saturated carbocycles. The van der Waals surface area contributed by atoms with Crippen LogP contribution in [0.15, 0.2) is 48.5 Å². The van der Waals surface area contributed by atoms with Crippen molar-refractivity contribution in [2.75, 3.05) is 5.32 Å². The van der Waals surface area contributed by atoms with Crippen LogP contribution in [0.25, 0.3) is 0 Å². The molecule has 0 aliphatic carbocycles. The van der Waals surface area contributed by atoms with Gasteiger partial charge in [-0.2, -0.15) is 0 Å². The van der Waals surface area contributed by atoms with Crippen LogP contribution in [-0.4, -0.2) is 17.6 Å². The van der Waals surface area contributed by atoms with E-state index in [2.05, 4.69) is 10.6 Å². The monoisotopic (exact) mass is 310 g/mol. The number of hydrogen-bond donors (Lipinski definition) is 2. The Hall–Kier alpha value is -2.95. The van der Waals surface area contributed by atoms with Crippen molar-refractivity contribution in [2.45, 2.75) is 20.4 Å². The summed E-state index contributed by atoms with van der Waals surface area (Å²) in [6, 6.07) is 13.7. The highest BCUT2D eigenvalue weighted by molar-refractivity contribution is 6.04. The van der Waals surface area contributed by atoms with Crippen LogP contribution < -0.4 is 10.6 Å². The van der Waals surface area contributed by atoms with Crippen molar-refractivity contribution < 1.29 is 14.4 Å². The van der Waals surface area contributed by atoms with Crippen molar-refractivity contribution in [3.63, 3.8) is 0 Å². The zero-order valence-electron chi connectivity index (χ0n) is 13.1. The standard InChI is InChI=1S/C18H18N2O3/c1-12(21)15-7-9-17(10-8-15)20-18(23)16-5-3-14(4-6-16)11-19-13(2)22/h3-10H,11H2,1-2H3,(H,19,22)(H,20,23). The number of carbonyl (C=O) groups is 3. The van der Waals surface area contributed by atoms with E-state index in [4.69, 9.17) is 0 Å². The first-order valence-corrected chi connectivity index (χ1v) is 7.21. The van der Waals surface area contributed by atoms with Crippen LogP contribution >= 0.6 is 0 Å². The molecule has 5 heteroatoms. The molecule has 2 N–H and O–H groups in total. The Labute approximate surface area is 134 Å². The first-order valence-electron chi connectivity index (χ1n) is 7.21. The van der Waals surface area contributed by atoms with Gasteiger partial charge in [-0.15, -0.1) is 0 Å². The fourth-order valence-electron chi connectivity index (χ4n) is 1.99. The first kappa shape index (κ1) is 16.4. The molecule has 0 heterocycles. The molecule has 0 saturated heterocycles. The molecule has 118 valence electrons. The lowest BCUT2D eigenvalue weighted by Gasteiger charge is -2.07. The van der Waals surface area contributed by atoms with E-state index in [1.807, 2.05) is 0 Å². The Morgan fingerprint density at radius 2 is 1.39 bits per heavy atom. The molecule has 0 fully saturated rings. The number of anilines is 1. The quantitative estimate of drug-likeness (QED) is 0.834. The number of carbonyl (C=O) groups excluding carboxylic acids is 3. The highest BCUT2D eigenvalue weighted by atomic mass is 16.2. The third kappa shape index (κ3) is 4.78. The van der Waals surface area contributed by atoms with Crippen LogP contribution in [-0.2, 0) is 11.3 Å². The molecule has 0 spiro atoms. The number of amides is 2. The van der Waals surface area contributed by atoms with Crippen molar-refractivity contribution in [1.29, 1.82) is 0 Å². The average molecular weight is 310 g/mol. The van der Waals surface area contributed by atoms with Crippen molar-refractivity contribution in [3.05, 3.63) is 65.2 Å². The third-order valence-corrected chi connectivity index (χ3v) is 3.31. The Balaban J connectivity index is 2.00. The first-order chi connectivity index (χ1) is 11.0. The summed E-state index contributed by atoms with van der Waals surface area (Å²) >= 11 is 0. The predicted octanol–water partition coefficient (Wildman–Crippen LogP) is 2.78. The van der Waals surface area contributed by atoms with Gasteiger partial charge in [0.15, 0.2) is 5.78 Å². The highest BCUT2D eigenvalue weighted by Gasteiger charge is 2.07. The minimum atomic E-state index is -0.230. The lowest BCUT2D eigenvalue weighted by atomic mass is 10.1. The topological polar surface area (TPSA) is 75.3 Å². The molecule has 0 aliphatic heterocycles. The molecule has 0 atom stereocenters. The summed E-state index contributed by atoms with van der Waals surface area (Å²) in [6.07, 6.45) is 0. The van der Waals surface area contributed by atoms with Gasteiger partial charge in [-0.3, -0.25) is 14.4 Å². The largest absolute Gasteiger partial charge is 0.352 e. The molecular weight excluding hydrogens is 292 g/mol. The zero-order valence-corrected chi connectivity index (χ0v) is 13.1. The molecule has 23 heavy (non-hydrogen) atoms. The van der Waals surface area contributed by atoms with Gasteiger partial charge in [0.2, 0.25) is 5.91 Å². The Morgan fingerprint density at radius 1 is 0.826 bits per heavy atom. The predicted molar refractivity (Wildman–Crippen MR) is 88.4 cm³/mol. The van der Waals surface area contributed by atoms with E-state index >= 15 is 0 Å². The summed E-state index contributed by atoms with van der Waals surface area (Å²) in [5.74, 6) is -0.342. The summed E-state index contributed by atoms with van der Waals surface area (Å²) in [4.78, 5) is 34.2. The second kappa shape index (κ2) is 7.35. The molecular formula is C18H18N2O3. The number of nitrogens with one attached hydrogen (secondary N) is 2. The fraction of sp³-hybridized carbons (Fsp3) is 0.167. The van der Waals surface area contributed by atoms with Crippen LogP contribution in [0.4, 0.5) is 5.69 Å². The maximum atomic E-state index is 12.2. The van der Waals surface area contributed by atoms with Crippen LogP contribution in [0.2, 0.25) is 0 Å². The van der Waals surface area contributed by atoms with Gasteiger partial charge < -0.3 is 10.6 Å². The fourth-order valence-corrected chi connectivity index (χ4v) is 1.99. The summed E-state index contributed by atoms with van der Waals surface area (Å²) in [6.45, 7) is 3.39. The molecule has 2 aromatic carbocycles. The van der Waals surface area contributed by atoms with Gasteiger partial charge >= 0.3 is 0 Å². The summed E-state index contributed by atoms with van der Waals surface area (Å²) < 4.78 is 0. The molecule has 0 aliphatic rings. The van der Waals surface area contributed by atoms with Gasteiger partial charge in [0.05, 0.1) is 0 Å². The van der Waals surface area contributed by atoms with Gasteiger partial charge in [-0.25, -0.2) is 0 Å². The van der Waals surface area contributed by atoms with Gasteiger partial charge in [-0.1, -0.05) is 12.1 Å². The normalized spacial score (nSPS) is 10.0. The van der Waals surface area contributed by atoms with Crippen molar-refractivity contribution in [3.8, 4) is 0 Å². The highest BCUT2D eigenvalue weighted by Crippen LogP contribution is 2.12. The average Bonchev–Trinajstić information content (AvgIpc) is 2.54. The van der Waals surface area contributed by atoms with Crippen molar-refractivity contribution >= 4 is 23.3 Å². The minimum Gasteiger partial charge on any atom is -0.352 e. The van der Waals surface area contributed by atoms with E-state index in [1.54, 1.807) is 48.5 Å². The van der Waals surface area contributed by atoms with E-state index in [9.17, 15) is 14.4 Å². The zero-order chi connectivity index (χ0) is 16.8. The Kier molecular flexibility index (Phi) is 5.25. The van der Waals surface area contributed by atoms with E-state index in [0.717, 1.165) is 5.56 Å². The summed E-state index contributed by atoms with van der Waals surface area (Å²) in [5.41, 5.74) is 2.67. The number of benzene rings is 2. The van der Waals surface area contributed by atoms with Gasteiger partial charge in [0.1, 0.15) is 0 Å². The maximum Gasteiger partial charge on any atom is 0.255 e. The van der Waals surface area contributed by atoms with Crippen LogP contribution in [0, 0.1) is 0 Å². The number of ketones is 1. The van der Waals surface area contributed by atoms with Crippen molar-refractivity contribution in [1.82, 2.24) is 5.32 Å². The second-order valence-electron chi connectivity index (χ2n) is 5.19. The lowest BCUT2D eigenvalue weighted by molar-refractivity contribution is -0.119. The smallest absolute Gasteiger partial charge is 0.255 e. The molecule has 2 rings (SSSR count). The van der Waals surface area contributed by atoms with Gasteiger partial charge in [0, 0.05) is 30.3 Å². The van der Waals surface area contributed by atoms with E-state index in [0.29, 0.717) is 23.4 Å². The third-order valence-electron chi connectivity index (χ3n) is 3.31.